The molecular weight excluding hydrogens is 470 g/mol. The average molecular weight is 502 g/mol. The molecule has 3 aliphatic rings. The number of nitrogens with zero attached hydrogens (tertiary/aromatic N) is 1. The van der Waals surface area contributed by atoms with Crippen LogP contribution in [0.2, 0.25) is 0 Å². The molecule has 2 atom stereocenters. The monoisotopic (exact) mass is 501 g/mol. The maximum absolute atomic E-state index is 2.62. The molecule has 8 rings (SSSR count). The molecule has 1 heteroatoms. The van der Waals surface area contributed by atoms with Crippen LogP contribution in [-0.2, 0) is 5.41 Å². The highest BCUT2D eigenvalue weighted by Gasteiger charge is 2.57. The summed E-state index contributed by atoms with van der Waals surface area (Å²) in [7, 11) is 0. The van der Waals surface area contributed by atoms with E-state index in [2.05, 4.69) is 152 Å². The van der Waals surface area contributed by atoms with Crippen molar-refractivity contribution in [1.29, 1.82) is 0 Å². The second-order valence-electron chi connectivity index (χ2n) is 11.5. The molecule has 0 aromatic heterocycles. The zero-order valence-corrected chi connectivity index (χ0v) is 22.4. The number of rotatable bonds is 2. The highest BCUT2D eigenvalue weighted by molar-refractivity contribution is 5.94. The normalized spacial score (nSPS) is 20.0. The molecule has 0 saturated carbocycles. The number of para-hydroxylation sites is 3. The largest absolute Gasteiger partial charge is 0.310 e. The maximum atomic E-state index is 2.62. The molecule has 39 heavy (non-hydrogen) atoms. The minimum absolute atomic E-state index is 0.284. The molecule has 5 aromatic rings. The number of allylic oxidation sites excluding steroid dienone is 4. The highest BCUT2D eigenvalue weighted by Crippen LogP contribution is 2.66. The lowest BCUT2D eigenvalue weighted by atomic mass is 9.60. The van der Waals surface area contributed by atoms with E-state index in [9.17, 15) is 0 Å². The molecule has 1 heterocycles. The van der Waals surface area contributed by atoms with Gasteiger partial charge in [0.2, 0.25) is 0 Å². The Kier molecular flexibility index (Phi) is 4.82. The lowest BCUT2D eigenvalue weighted by molar-refractivity contribution is 0.448. The van der Waals surface area contributed by atoms with Crippen LogP contribution in [0.3, 0.4) is 0 Å². The van der Waals surface area contributed by atoms with Gasteiger partial charge in [-0.1, -0.05) is 123 Å². The Morgan fingerprint density at radius 1 is 0.641 bits per heavy atom. The van der Waals surface area contributed by atoms with Crippen LogP contribution < -0.4 is 4.90 Å². The minimum atomic E-state index is -0.284. The predicted octanol–water partition coefficient (Wildman–Crippen LogP) is 9.82. The van der Waals surface area contributed by atoms with E-state index in [0.717, 1.165) is 0 Å². The van der Waals surface area contributed by atoms with Crippen LogP contribution >= 0.6 is 0 Å². The van der Waals surface area contributed by atoms with Crippen molar-refractivity contribution < 1.29 is 0 Å². The molecule has 5 aromatic carbocycles. The van der Waals surface area contributed by atoms with Gasteiger partial charge in [-0.05, 0) is 68.8 Å². The Labute approximate surface area is 230 Å². The summed E-state index contributed by atoms with van der Waals surface area (Å²) in [6.45, 7) is 4.64. The van der Waals surface area contributed by atoms with E-state index in [-0.39, 0.29) is 5.41 Å². The van der Waals surface area contributed by atoms with E-state index in [4.69, 9.17) is 0 Å². The second kappa shape index (κ2) is 8.32. The predicted molar refractivity (Wildman–Crippen MR) is 163 cm³/mol. The standard InChI is InChI=1S/C38H31N/c1-25(2)27-20-22-30-34(24-27)38(33-23-21-26-12-6-7-15-29(26)37(30)33)31-16-8-10-18-35(31)39(28-13-4-3-5-14-28)36-19-11-9-17-32(36)38/h3-25,30,34H,1-2H3. The minimum Gasteiger partial charge on any atom is -0.310 e. The molecule has 0 saturated heterocycles. The first kappa shape index (κ1) is 22.6. The van der Waals surface area contributed by atoms with Crippen LogP contribution in [-0.4, -0.2) is 0 Å². The summed E-state index contributed by atoms with van der Waals surface area (Å²) < 4.78 is 0. The van der Waals surface area contributed by atoms with Gasteiger partial charge < -0.3 is 4.90 Å². The first-order valence-corrected chi connectivity index (χ1v) is 14.2. The molecule has 0 bridgehead atoms. The van der Waals surface area contributed by atoms with Crippen molar-refractivity contribution in [3.05, 3.63) is 161 Å². The molecular formula is C38H31N. The van der Waals surface area contributed by atoms with Crippen molar-refractivity contribution in [1.82, 2.24) is 0 Å². The summed E-state index contributed by atoms with van der Waals surface area (Å²) in [6, 6.07) is 42.9. The number of benzene rings is 5. The maximum Gasteiger partial charge on any atom is 0.0567 e. The van der Waals surface area contributed by atoms with Crippen molar-refractivity contribution in [3.8, 4) is 0 Å². The van der Waals surface area contributed by atoms with Gasteiger partial charge in [-0.3, -0.25) is 0 Å². The van der Waals surface area contributed by atoms with Gasteiger partial charge in [0.1, 0.15) is 0 Å². The molecule has 2 aliphatic carbocycles. The molecule has 2 unspecified atom stereocenters. The molecule has 1 nitrogen and oxygen atoms in total. The molecule has 188 valence electrons. The number of anilines is 3. The van der Waals surface area contributed by atoms with Crippen LogP contribution in [0.25, 0.3) is 10.8 Å². The van der Waals surface area contributed by atoms with Crippen molar-refractivity contribution in [2.75, 3.05) is 4.90 Å². The molecule has 1 aliphatic heterocycles. The van der Waals surface area contributed by atoms with Gasteiger partial charge in [0, 0.05) is 17.5 Å². The third-order valence-electron chi connectivity index (χ3n) is 9.30. The van der Waals surface area contributed by atoms with Crippen molar-refractivity contribution in [2.45, 2.75) is 25.2 Å². The zero-order chi connectivity index (χ0) is 26.1. The number of fused-ring (bicyclic) bond motifs is 11. The Hall–Kier alpha value is -4.36. The Morgan fingerprint density at radius 2 is 1.28 bits per heavy atom. The van der Waals surface area contributed by atoms with Crippen LogP contribution in [0.5, 0.6) is 0 Å². The first-order valence-electron chi connectivity index (χ1n) is 14.2. The Balaban J connectivity index is 1.53. The summed E-state index contributed by atoms with van der Waals surface area (Å²) in [5, 5.41) is 2.70. The quantitative estimate of drug-likeness (QED) is 0.233. The summed E-state index contributed by atoms with van der Waals surface area (Å²) >= 11 is 0. The fraction of sp³-hybridized carbons (Fsp3) is 0.158. The van der Waals surface area contributed by atoms with Gasteiger partial charge in [0.25, 0.3) is 0 Å². The summed E-state index contributed by atoms with van der Waals surface area (Å²) in [6.07, 6.45) is 7.53. The zero-order valence-electron chi connectivity index (χ0n) is 22.4. The van der Waals surface area contributed by atoms with E-state index in [1.165, 1.54) is 55.7 Å². The van der Waals surface area contributed by atoms with Gasteiger partial charge in [0.15, 0.2) is 0 Å². The van der Waals surface area contributed by atoms with Crippen LogP contribution in [0.4, 0.5) is 17.1 Å². The molecule has 0 fully saturated rings. The topological polar surface area (TPSA) is 3.24 Å². The van der Waals surface area contributed by atoms with Crippen LogP contribution in [0.1, 0.15) is 42.0 Å². The van der Waals surface area contributed by atoms with Crippen molar-refractivity contribution >= 4 is 27.8 Å². The first-order chi connectivity index (χ1) is 19.2. The third-order valence-corrected chi connectivity index (χ3v) is 9.30. The fourth-order valence-electron chi connectivity index (χ4n) is 7.72. The summed E-state index contributed by atoms with van der Waals surface area (Å²) in [5.74, 6) is 1.09. The van der Waals surface area contributed by atoms with Crippen LogP contribution in [0, 0.1) is 11.8 Å². The van der Waals surface area contributed by atoms with Gasteiger partial charge in [-0.2, -0.15) is 0 Å². The smallest absolute Gasteiger partial charge is 0.0567 e. The summed E-state index contributed by atoms with van der Waals surface area (Å²) in [5.41, 5.74) is 10.6. The van der Waals surface area contributed by atoms with Gasteiger partial charge >= 0.3 is 0 Å². The van der Waals surface area contributed by atoms with Gasteiger partial charge in [0.05, 0.1) is 16.8 Å². The van der Waals surface area contributed by atoms with E-state index in [0.29, 0.717) is 17.8 Å². The Morgan fingerprint density at radius 3 is 2.00 bits per heavy atom. The lowest BCUT2D eigenvalue weighted by Crippen LogP contribution is -2.40. The van der Waals surface area contributed by atoms with E-state index in [1.807, 2.05) is 0 Å². The van der Waals surface area contributed by atoms with Gasteiger partial charge in [-0.25, -0.2) is 0 Å². The molecule has 0 amide bonds. The van der Waals surface area contributed by atoms with E-state index >= 15 is 0 Å². The van der Waals surface area contributed by atoms with E-state index < -0.39 is 0 Å². The lowest BCUT2D eigenvalue weighted by Gasteiger charge is -2.47. The van der Waals surface area contributed by atoms with Gasteiger partial charge in [-0.15, -0.1) is 0 Å². The van der Waals surface area contributed by atoms with E-state index in [1.54, 1.807) is 0 Å². The second-order valence-corrected chi connectivity index (χ2v) is 11.5. The summed E-state index contributed by atoms with van der Waals surface area (Å²) in [4.78, 5) is 2.47. The number of hydrogen-bond donors (Lipinski definition) is 0. The van der Waals surface area contributed by atoms with Crippen molar-refractivity contribution in [2.24, 2.45) is 11.8 Å². The highest BCUT2D eigenvalue weighted by atomic mass is 15.2. The van der Waals surface area contributed by atoms with Crippen molar-refractivity contribution in [3.63, 3.8) is 0 Å². The number of hydrogen-bond acceptors (Lipinski definition) is 1. The third kappa shape index (κ3) is 2.96. The molecule has 0 radical (unpaired) electrons. The Bertz CT molecular complexity index is 1760. The average Bonchev–Trinajstić information content (AvgIpc) is 3.28. The molecule has 1 spiro atoms. The van der Waals surface area contributed by atoms with Crippen LogP contribution in [0.15, 0.2) is 139 Å². The SMILES string of the molecule is CC(C)C1=CC2C(C=C1)c1c(ccc3ccccc13)C21c2ccccc2N(c2ccccc2)c2ccccc21. The fourth-order valence-corrected chi connectivity index (χ4v) is 7.72. The molecule has 0 N–H and O–H groups in total.